The topological polar surface area (TPSA) is 69.7 Å². The predicted octanol–water partition coefficient (Wildman–Crippen LogP) is 6.64. The Labute approximate surface area is 222 Å². The maximum absolute atomic E-state index is 13.4. The number of carbonyl (C=O) groups excluding carboxylic acids is 3. The Bertz CT molecular complexity index is 1020. The highest BCUT2D eigenvalue weighted by Crippen LogP contribution is 2.68. The van der Waals surface area contributed by atoms with E-state index < -0.39 is 0 Å². The summed E-state index contributed by atoms with van der Waals surface area (Å²) in [6.45, 7) is 7.10. The lowest BCUT2D eigenvalue weighted by atomic mass is 9.43. The average Bonchev–Trinajstić information content (AvgIpc) is 3.26. The molecule has 1 aromatic carbocycles. The van der Waals surface area contributed by atoms with Gasteiger partial charge >= 0.3 is 11.9 Å². The smallest absolute Gasteiger partial charge is 0.338 e. The fourth-order valence-electron chi connectivity index (χ4n) is 9.54. The Morgan fingerprint density at radius 2 is 1.81 bits per heavy atom. The lowest BCUT2D eigenvalue weighted by Gasteiger charge is -2.62. The van der Waals surface area contributed by atoms with Crippen molar-refractivity contribution in [3.63, 3.8) is 0 Å². The van der Waals surface area contributed by atoms with E-state index in [9.17, 15) is 14.4 Å². The molecule has 1 aromatic rings. The van der Waals surface area contributed by atoms with Gasteiger partial charge in [0.2, 0.25) is 0 Å². The summed E-state index contributed by atoms with van der Waals surface area (Å²) >= 11 is 0. The molecule has 9 atom stereocenters. The minimum Gasteiger partial charge on any atom is -0.469 e. The zero-order chi connectivity index (χ0) is 26.4. The number of benzene rings is 1. The average molecular weight is 509 g/mol. The summed E-state index contributed by atoms with van der Waals surface area (Å²) in [6.07, 6.45) is 8.95. The van der Waals surface area contributed by atoms with E-state index in [2.05, 4.69) is 20.8 Å². The van der Waals surface area contributed by atoms with Crippen LogP contribution in [0.1, 0.15) is 95.3 Å². The highest BCUT2D eigenvalue weighted by Gasteiger charge is 2.65. The number of rotatable bonds is 6. The number of Topliss-reactive ketones (excluding diaryl/α,β-unsaturated/α-hetero) is 1. The fourth-order valence-corrected chi connectivity index (χ4v) is 9.54. The number of methoxy groups -OCH3 is 1. The summed E-state index contributed by atoms with van der Waals surface area (Å²) < 4.78 is 11.4. The van der Waals surface area contributed by atoms with Gasteiger partial charge < -0.3 is 9.47 Å². The van der Waals surface area contributed by atoms with E-state index in [4.69, 9.17) is 9.47 Å². The van der Waals surface area contributed by atoms with Gasteiger partial charge in [-0.3, -0.25) is 9.59 Å². The number of carbonyl (C=O) groups is 3. The van der Waals surface area contributed by atoms with Crippen LogP contribution in [0.5, 0.6) is 0 Å². The Hall–Kier alpha value is -2.17. The first-order chi connectivity index (χ1) is 17.7. The van der Waals surface area contributed by atoms with Crippen LogP contribution in [0.2, 0.25) is 0 Å². The summed E-state index contributed by atoms with van der Waals surface area (Å²) in [6, 6.07) is 9.37. The van der Waals surface area contributed by atoms with Gasteiger partial charge in [-0.2, -0.15) is 0 Å². The van der Waals surface area contributed by atoms with Crippen molar-refractivity contribution in [3.05, 3.63) is 35.9 Å². The second-order valence-corrected chi connectivity index (χ2v) is 13.0. The number of esters is 2. The van der Waals surface area contributed by atoms with Crippen molar-refractivity contribution in [3.8, 4) is 0 Å². The van der Waals surface area contributed by atoms with Gasteiger partial charge in [0.25, 0.3) is 0 Å². The molecule has 4 aliphatic carbocycles. The molecule has 0 N–H and O–H groups in total. The first-order valence-corrected chi connectivity index (χ1v) is 14.5. The number of hydrogen-bond donors (Lipinski definition) is 0. The van der Waals surface area contributed by atoms with Crippen LogP contribution in [-0.2, 0) is 19.1 Å². The normalized spacial score (nSPS) is 39.6. The summed E-state index contributed by atoms with van der Waals surface area (Å²) in [5, 5.41) is 0. The summed E-state index contributed by atoms with van der Waals surface area (Å²) in [7, 11) is 1.45. The summed E-state index contributed by atoms with van der Waals surface area (Å²) in [4.78, 5) is 37.7. The van der Waals surface area contributed by atoms with Crippen LogP contribution in [0.25, 0.3) is 0 Å². The molecule has 0 spiro atoms. The molecule has 0 saturated heterocycles. The molecular weight excluding hydrogens is 464 g/mol. The van der Waals surface area contributed by atoms with E-state index >= 15 is 0 Å². The fraction of sp³-hybridized carbons (Fsp3) is 0.719. The van der Waals surface area contributed by atoms with Gasteiger partial charge in [0.1, 0.15) is 11.9 Å². The van der Waals surface area contributed by atoms with Crippen LogP contribution in [-0.4, -0.2) is 30.9 Å². The molecule has 5 nitrogen and oxygen atoms in total. The Morgan fingerprint density at radius 1 is 1.05 bits per heavy atom. The van der Waals surface area contributed by atoms with Gasteiger partial charge in [-0.15, -0.1) is 0 Å². The minimum absolute atomic E-state index is 0.116. The first-order valence-electron chi connectivity index (χ1n) is 14.5. The van der Waals surface area contributed by atoms with E-state index in [0.717, 1.165) is 44.9 Å². The quantitative estimate of drug-likeness (QED) is 0.403. The molecule has 0 heterocycles. The molecule has 0 radical (unpaired) electrons. The molecule has 202 valence electrons. The molecule has 5 heteroatoms. The summed E-state index contributed by atoms with van der Waals surface area (Å²) in [5.74, 6) is 2.85. The van der Waals surface area contributed by atoms with Gasteiger partial charge in [-0.25, -0.2) is 4.79 Å². The highest BCUT2D eigenvalue weighted by molar-refractivity contribution is 5.89. The van der Waals surface area contributed by atoms with Crippen LogP contribution in [0.3, 0.4) is 0 Å². The van der Waals surface area contributed by atoms with Crippen LogP contribution >= 0.6 is 0 Å². The second kappa shape index (κ2) is 10.2. The predicted molar refractivity (Wildman–Crippen MR) is 142 cm³/mol. The van der Waals surface area contributed by atoms with E-state index in [0.29, 0.717) is 59.7 Å². The Morgan fingerprint density at radius 3 is 2.54 bits per heavy atom. The van der Waals surface area contributed by atoms with Gasteiger partial charge in [-0.1, -0.05) is 39.0 Å². The molecule has 37 heavy (non-hydrogen) atoms. The van der Waals surface area contributed by atoms with E-state index in [1.54, 1.807) is 0 Å². The lowest BCUT2D eigenvalue weighted by molar-refractivity contribution is -0.172. The SMILES string of the molecule is COC(=O)CCC(C)C1CCC2C3CCC4CC(=O)CCC4(C)C3CC(OC(=O)c3ccccc3)C12C. The molecule has 0 bridgehead atoms. The largest absolute Gasteiger partial charge is 0.469 e. The second-order valence-electron chi connectivity index (χ2n) is 13.0. The standard InChI is InChI=1S/C32H44O5/c1-20(10-15-29(34)36-4)25-13-14-26-24-12-11-22-18-23(33)16-17-31(22,2)27(24)19-28(32(25,26)3)37-30(35)21-8-6-5-7-9-21/h5-9,20,22,24-28H,10-19H2,1-4H3. The lowest BCUT2D eigenvalue weighted by Crippen LogP contribution is -2.59. The molecule has 4 fully saturated rings. The zero-order valence-corrected chi connectivity index (χ0v) is 23.0. The molecule has 5 rings (SSSR count). The summed E-state index contributed by atoms with van der Waals surface area (Å²) in [5.41, 5.74) is 0.632. The molecule has 0 amide bonds. The van der Waals surface area contributed by atoms with Gasteiger partial charge in [0, 0.05) is 24.7 Å². The monoisotopic (exact) mass is 508 g/mol. The van der Waals surface area contributed by atoms with Crippen molar-refractivity contribution < 1.29 is 23.9 Å². The van der Waals surface area contributed by atoms with E-state index in [-0.39, 0.29) is 28.9 Å². The van der Waals surface area contributed by atoms with Crippen LogP contribution in [0.15, 0.2) is 30.3 Å². The van der Waals surface area contributed by atoms with Crippen molar-refractivity contribution >= 4 is 17.7 Å². The van der Waals surface area contributed by atoms with Crippen LogP contribution in [0, 0.1) is 46.3 Å². The van der Waals surface area contributed by atoms with Crippen LogP contribution in [0.4, 0.5) is 0 Å². The maximum Gasteiger partial charge on any atom is 0.338 e. The number of fused-ring (bicyclic) bond motifs is 5. The molecule has 4 saturated carbocycles. The molecular formula is C32H44O5. The van der Waals surface area contributed by atoms with Gasteiger partial charge in [0.15, 0.2) is 0 Å². The molecule has 4 aliphatic rings. The third-order valence-electron chi connectivity index (χ3n) is 11.6. The highest BCUT2D eigenvalue weighted by atomic mass is 16.5. The molecule has 9 unspecified atom stereocenters. The minimum atomic E-state index is -0.228. The van der Waals surface area contributed by atoms with Gasteiger partial charge in [-0.05, 0) is 98.0 Å². The molecule has 0 aromatic heterocycles. The number of ether oxygens (including phenoxy) is 2. The van der Waals surface area contributed by atoms with Crippen LogP contribution < -0.4 is 0 Å². The van der Waals surface area contributed by atoms with Crippen molar-refractivity contribution in [1.29, 1.82) is 0 Å². The zero-order valence-electron chi connectivity index (χ0n) is 23.0. The van der Waals surface area contributed by atoms with Crippen molar-refractivity contribution in [2.45, 2.75) is 91.1 Å². The first kappa shape index (κ1) is 26.4. The third-order valence-corrected chi connectivity index (χ3v) is 11.6. The molecule has 0 aliphatic heterocycles. The third kappa shape index (κ3) is 4.55. The van der Waals surface area contributed by atoms with Crippen molar-refractivity contribution in [2.75, 3.05) is 7.11 Å². The Kier molecular flexibility index (Phi) is 7.28. The van der Waals surface area contributed by atoms with E-state index in [1.807, 2.05) is 30.3 Å². The Balaban J connectivity index is 1.47. The number of ketones is 1. The maximum atomic E-state index is 13.4. The van der Waals surface area contributed by atoms with Crippen molar-refractivity contribution in [1.82, 2.24) is 0 Å². The van der Waals surface area contributed by atoms with Crippen molar-refractivity contribution in [2.24, 2.45) is 46.3 Å². The van der Waals surface area contributed by atoms with E-state index in [1.165, 1.54) is 13.5 Å². The number of hydrogen-bond acceptors (Lipinski definition) is 5. The van der Waals surface area contributed by atoms with Gasteiger partial charge in [0.05, 0.1) is 12.7 Å².